The second-order valence-electron chi connectivity index (χ2n) is 11.8. The molecule has 1 spiro atoms. The molecule has 3 aliphatic heterocycles. The number of piperazine rings is 1. The average molecular weight is 648 g/mol. The minimum absolute atomic E-state index is 0.0323. The molecule has 0 aromatic heterocycles. The van der Waals surface area contributed by atoms with E-state index in [2.05, 4.69) is 33.8 Å². The van der Waals surface area contributed by atoms with E-state index in [4.69, 9.17) is 0 Å². The Hall–Kier alpha value is -3.75. The summed E-state index contributed by atoms with van der Waals surface area (Å²) in [6, 6.07) is 10.8. The zero-order valence-electron chi connectivity index (χ0n) is 25.3. The van der Waals surface area contributed by atoms with Crippen LogP contribution in [0.15, 0.2) is 52.9 Å². The Morgan fingerprint density at radius 2 is 1.73 bits per heavy atom. The van der Waals surface area contributed by atoms with Gasteiger partial charge in [-0.25, -0.2) is 8.42 Å². The molecule has 2 saturated heterocycles. The predicted octanol–water partition coefficient (Wildman–Crippen LogP) is 3.77. The first kappa shape index (κ1) is 32.6. The van der Waals surface area contributed by atoms with Gasteiger partial charge in [0.15, 0.2) is 0 Å². The average Bonchev–Trinajstić information content (AvgIpc) is 3.30. The van der Waals surface area contributed by atoms with Crippen LogP contribution < -0.4 is 10.1 Å². The number of aliphatic imine (C=N–C) groups is 1. The van der Waals surface area contributed by atoms with Crippen LogP contribution in [0.4, 0.5) is 13.2 Å². The van der Waals surface area contributed by atoms with Crippen LogP contribution in [-0.2, 0) is 14.8 Å². The largest absolute Gasteiger partial charge is 0.573 e. The Bertz CT molecular complexity index is 1620. The second-order valence-corrected chi connectivity index (χ2v) is 13.6. The fourth-order valence-corrected chi connectivity index (χ4v) is 6.99. The number of alkyl halides is 3. The number of sulfonamides is 1. The predicted molar refractivity (Wildman–Crippen MR) is 163 cm³/mol. The summed E-state index contributed by atoms with van der Waals surface area (Å²) in [5.74, 6) is -0.809. The molecule has 1 N–H and O–H groups in total. The van der Waals surface area contributed by atoms with Gasteiger partial charge in [0, 0.05) is 61.8 Å². The molecule has 242 valence electrons. The van der Waals surface area contributed by atoms with E-state index in [1.54, 1.807) is 18.2 Å². The van der Waals surface area contributed by atoms with Crippen molar-refractivity contribution in [1.29, 1.82) is 0 Å². The van der Waals surface area contributed by atoms with Gasteiger partial charge >= 0.3 is 6.36 Å². The molecule has 2 amide bonds. The number of hydrogen-bond donors (Lipinski definition) is 1. The number of amidine groups is 1. The third kappa shape index (κ3) is 7.39. The normalized spacial score (nSPS) is 19.8. The van der Waals surface area contributed by atoms with Crippen LogP contribution in [0.1, 0.15) is 53.7 Å². The maximum atomic E-state index is 13.2. The Balaban J connectivity index is 1.21. The number of carbonyl (C=O) groups excluding carboxylic acids is 2. The molecule has 2 fully saturated rings. The molecule has 3 heterocycles. The van der Waals surface area contributed by atoms with Crippen molar-refractivity contribution >= 4 is 33.7 Å². The molecular weight excluding hydrogens is 611 g/mol. The van der Waals surface area contributed by atoms with Crippen molar-refractivity contribution in [2.75, 3.05) is 39.3 Å². The lowest BCUT2D eigenvalue weighted by molar-refractivity contribution is -0.274. The molecule has 0 bridgehead atoms. The number of piperidine rings is 1. The zero-order chi connectivity index (χ0) is 32.6. The van der Waals surface area contributed by atoms with E-state index in [0.29, 0.717) is 30.3 Å². The summed E-state index contributed by atoms with van der Waals surface area (Å²) in [7, 11) is -3.84. The molecule has 2 aromatic carbocycles. The van der Waals surface area contributed by atoms with Gasteiger partial charge in [-0.1, -0.05) is 18.2 Å². The molecule has 0 unspecified atom stereocenters. The van der Waals surface area contributed by atoms with Crippen molar-refractivity contribution in [3.63, 3.8) is 0 Å². The van der Waals surface area contributed by atoms with Gasteiger partial charge < -0.3 is 15.0 Å². The summed E-state index contributed by atoms with van der Waals surface area (Å²) in [6.07, 6.45) is -3.15. The number of carbonyl (C=O) groups is 2. The van der Waals surface area contributed by atoms with Gasteiger partial charge in [0.1, 0.15) is 17.1 Å². The van der Waals surface area contributed by atoms with E-state index in [9.17, 15) is 31.2 Å². The number of rotatable bonds is 7. The molecule has 0 radical (unpaired) electrons. The quantitative estimate of drug-likeness (QED) is 0.490. The summed E-state index contributed by atoms with van der Waals surface area (Å²) >= 11 is 0. The van der Waals surface area contributed by atoms with Gasteiger partial charge in [-0.2, -0.15) is 4.31 Å². The summed E-state index contributed by atoms with van der Waals surface area (Å²) in [5.41, 5.74) is 1.01. The third-order valence-electron chi connectivity index (χ3n) is 8.50. The van der Waals surface area contributed by atoms with Crippen molar-refractivity contribution in [3.05, 3.63) is 70.1 Å². The first-order chi connectivity index (χ1) is 21.2. The maximum absolute atomic E-state index is 13.2. The van der Waals surface area contributed by atoms with Gasteiger partial charge in [-0.3, -0.25) is 19.5 Å². The molecule has 0 aliphatic carbocycles. The highest BCUT2D eigenvalue weighted by molar-refractivity contribution is 7.92. The van der Waals surface area contributed by atoms with Crippen LogP contribution in [-0.4, -0.2) is 97.4 Å². The molecule has 5 rings (SSSR count). The van der Waals surface area contributed by atoms with Crippen LogP contribution >= 0.6 is 0 Å². The van der Waals surface area contributed by atoms with Gasteiger partial charge in [0.25, 0.3) is 11.8 Å². The van der Waals surface area contributed by atoms with Gasteiger partial charge in [0.05, 0.1) is 0 Å². The summed E-state index contributed by atoms with van der Waals surface area (Å²) in [4.78, 5) is 34.7. The summed E-state index contributed by atoms with van der Waals surface area (Å²) < 4.78 is 69.5. The molecular formula is C31H36F3N5O5S. The van der Waals surface area contributed by atoms with Crippen LogP contribution in [0.25, 0.3) is 6.08 Å². The molecule has 0 saturated carbocycles. The van der Waals surface area contributed by atoms with Gasteiger partial charge in [0.2, 0.25) is 10.0 Å². The van der Waals surface area contributed by atoms with Crippen molar-refractivity contribution in [3.8, 4) is 5.75 Å². The van der Waals surface area contributed by atoms with E-state index in [1.807, 2.05) is 11.8 Å². The lowest BCUT2D eigenvalue weighted by Crippen LogP contribution is -2.50. The first-order valence-corrected chi connectivity index (χ1v) is 16.3. The maximum Gasteiger partial charge on any atom is 0.573 e. The van der Waals surface area contributed by atoms with Crippen LogP contribution in [0.2, 0.25) is 0 Å². The molecule has 10 nitrogen and oxygen atoms in total. The van der Waals surface area contributed by atoms with Crippen LogP contribution in [0.5, 0.6) is 5.75 Å². The fourth-order valence-electron chi connectivity index (χ4n) is 5.81. The standard InChI is InChI=1S/C31H36F3N5O5S/c1-21(2)37-14-16-38(17-15-37)28(40)25-8-7-23(22(3)19-25)9-18-45(42,43)39-12-10-30(11-13-39)29(41)35-27(36-30)24-5-4-6-26(20-24)44-31(32,33)34/h4-9,18-21H,10-17H2,1-3H3,(H,35,36,41)/b18-9+. The number of halogens is 3. The van der Waals surface area contributed by atoms with E-state index < -0.39 is 33.6 Å². The molecule has 14 heteroatoms. The smallest absolute Gasteiger partial charge is 0.406 e. The molecule has 2 aromatic rings. The molecule has 3 aliphatic rings. The number of hydrogen-bond acceptors (Lipinski definition) is 7. The lowest BCUT2D eigenvalue weighted by Gasteiger charge is -2.37. The Labute approximate surface area is 260 Å². The van der Waals surface area contributed by atoms with E-state index >= 15 is 0 Å². The highest BCUT2D eigenvalue weighted by Gasteiger charge is 2.47. The highest BCUT2D eigenvalue weighted by atomic mass is 32.2. The number of nitrogens with zero attached hydrogens (tertiary/aromatic N) is 4. The van der Waals surface area contributed by atoms with Crippen LogP contribution in [0, 0.1) is 6.92 Å². The lowest BCUT2D eigenvalue weighted by atomic mass is 9.89. The third-order valence-corrected chi connectivity index (χ3v) is 10.1. The molecule has 0 atom stereocenters. The van der Waals surface area contributed by atoms with E-state index in [-0.39, 0.29) is 43.2 Å². The Morgan fingerprint density at radius 3 is 2.36 bits per heavy atom. The number of benzene rings is 2. The monoisotopic (exact) mass is 647 g/mol. The van der Waals surface area contributed by atoms with Crippen molar-refractivity contribution in [1.82, 2.24) is 19.4 Å². The Morgan fingerprint density at radius 1 is 1.04 bits per heavy atom. The SMILES string of the molecule is Cc1cc(C(=O)N2CCN(C(C)C)CC2)ccc1/C=C/S(=O)(=O)N1CCC2(CC1)N=C(c1cccc(OC(F)(F)F)c1)NC2=O. The van der Waals surface area contributed by atoms with E-state index in [1.165, 1.54) is 22.5 Å². The Kier molecular flexibility index (Phi) is 9.11. The minimum atomic E-state index is -4.86. The van der Waals surface area contributed by atoms with Crippen molar-refractivity contribution < 1.29 is 35.9 Å². The fraction of sp³-hybridized carbons (Fsp3) is 0.452. The van der Waals surface area contributed by atoms with E-state index in [0.717, 1.165) is 36.2 Å². The number of amides is 2. The van der Waals surface area contributed by atoms with Gasteiger partial charge in [-0.05, 0) is 75.1 Å². The van der Waals surface area contributed by atoms with Crippen molar-refractivity contribution in [2.24, 2.45) is 4.99 Å². The van der Waals surface area contributed by atoms with Crippen LogP contribution in [0.3, 0.4) is 0 Å². The summed E-state index contributed by atoms with van der Waals surface area (Å²) in [5, 5.41) is 3.75. The van der Waals surface area contributed by atoms with Gasteiger partial charge in [-0.15, -0.1) is 13.2 Å². The first-order valence-electron chi connectivity index (χ1n) is 14.8. The molecule has 45 heavy (non-hydrogen) atoms. The zero-order valence-corrected chi connectivity index (χ0v) is 26.1. The highest BCUT2D eigenvalue weighted by Crippen LogP contribution is 2.33. The topological polar surface area (TPSA) is 112 Å². The van der Waals surface area contributed by atoms with Crippen molar-refractivity contribution in [2.45, 2.75) is 51.6 Å². The number of nitrogens with one attached hydrogen (secondary N) is 1. The second kappa shape index (κ2) is 12.6. The minimum Gasteiger partial charge on any atom is -0.406 e. The number of aryl methyl sites for hydroxylation is 1. The number of ether oxygens (including phenoxy) is 1. The summed E-state index contributed by atoms with van der Waals surface area (Å²) in [6.45, 7) is 9.13.